The number of rotatable bonds is 7. The van der Waals surface area contributed by atoms with E-state index in [2.05, 4.69) is 5.32 Å². The Morgan fingerprint density at radius 3 is 2.82 bits per heavy atom. The summed E-state index contributed by atoms with van der Waals surface area (Å²) >= 11 is 5.68. The molecule has 0 aliphatic heterocycles. The van der Waals surface area contributed by atoms with Gasteiger partial charge in [0.25, 0.3) is 0 Å². The first-order valence-electron chi connectivity index (χ1n) is 5.62. The third kappa shape index (κ3) is 4.79. The summed E-state index contributed by atoms with van der Waals surface area (Å²) in [5, 5.41) is 3.23. The van der Waals surface area contributed by atoms with Crippen molar-refractivity contribution >= 4 is 23.0 Å². The topological polar surface area (TPSA) is 47.3 Å². The predicted molar refractivity (Wildman–Crippen MR) is 70.0 cm³/mol. The highest BCUT2D eigenvalue weighted by molar-refractivity contribution is 6.31. The maximum absolute atomic E-state index is 13.0. The van der Waals surface area contributed by atoms with Gasteiger partial charge in [-0.05, 0) is 25.3 Å². The second-order valence-corrected chi connectivity index (χ2v) is 4.24. The van der Waals surface area contributed by atoms with Crippen LogP contribution in [0.5, 0.6) is 0 Å². The Morgan fingerprint density at radius 1 is 1.35 bits per heavy atom. The normalized spacial score (nSPS) is 10.5. The van der Waals surface area contributed by atoms with Crippen LogP contribution in [0.15, 0.2) is 12.1 Å². The van der Waals surface area contributed by atoms with E-state index in [0.717, 1.165) is 32.4 Å². The Bertz CT molecular complexity index is 361. The molecule has 1 aromatic carbocycles. The lowest BCUT2D eigenvalue weighted by atomic mass is 10.2. The van der Waals surface area contributed by atoms with Crippen molar-refractivity contribution in [3.63, 3.8) is 0 Å². The number of benzene rings is 1. The molecule has 0 saturated heterocycles. The SMILES string of the molecule is COCCCCCNc1cc(Cl)c(F)cc1N. The van der Waals surface area contributed by atoms with Gasteiger partial charge in [0.05, 0.1) is 16.4 Å². The maximum Gasteiger partial charge on any atom is 0.143 e. The molecule has 0 saturated carbocycles. The Morgan fingerprint density at radius 2 is 2.12 bits per heavy atom. The van der Waals surface area contributed by atoms with Gasteiger partial charge >= 0.3 is 0 Å². The Hall–Kier alpha value is -1.00. The average molecular weight is 261 g/mol. The number of nitrogen functional groups attached to an aromatic ring is 1. The van der Waals surface area contributed by atoms with Crippen LogP contribution in [0.4, 0.5) is 15.8 Å². The van der Waals surface area contributed by atoms with Crippen molar-refractivity contribution < 1.29 is 9.13 Å². The Labute approximate surface area is 106 Å². The second-order valence-electron chi connectivity index (χ2n) is 3.83. The second kappa shape index (κ2) is 7.35. The average Bonchev–Trinajstić information content (AvgIpc) is 2.30. The minimum atomic E-state index is -0.491. The highest BCUT2D eigenvalue weighted by Gasteiger charge is 2.05. The van der Waals surface area contributed by atoms with E-state index < -0.39 is 5.82 Å². The molecule has 0 bridgehead atoms. The van der Waals surface area contributed by atoms with Crippen LogP contribution in [-0.4, -0.2) is 20.3 Å². The van der Waals surface area contributed by atoms with E-state index in [9.17, 15) is 4.39 Å². The zero-order chi connectivity index (χ0) is 12.7. The molecule has 0 atom stereocenters. The molecule has 0 aliphatic rings. The molecule has 17 heavy (non-hydrogen) atoms. The molecule has 3 nitrogen and oxygen atoms in total. The van der Waals surface area contributed by atoms with Crippen LogP contribution >= 0.6 is 11.6 Å². The van der Waals surface area contributed by atoms with Gasteiger partial charge in [-0.3, -0.25) is 0 Å². The Balaban J connectivity index is 2.34. The first-order chi connectivity index (χ1) is 8.15. The van der Waals surface area contributed by atoms with Crippen LogP contribution < -0.4 is 11.1 Å². The maximum atomic E-state index is 13.0. The van der Waals surface area contributed by atoms with Crippen molar-refractivity contribution in [2.75, 3.05) is 31.3 Å². The first kappa shape index (κ1) is 14.1. The summed E-state index contributed by atoms with van der Waals surface area (Å²) in [6.45, 7) is 1.57. The monoisotopic (exact) mass is 260 g/mol. The van der Waals surface area contributed by atoms with Crippen molar-refractivity contribution in [3.05, 3.63) is 23.0 Å². The molecule has 0 radical (unpaired) electrons. The number of hydrogen-bond donors (Lipinski definition) is 2. The smallest absolute Gasteiger partial charge is 0.143 e. The zero-order valence-electron chi connectivity index (χ0n) is 9.93. The van der Waals surface area contributed by atoms with Crippen molar-refractivity contribution in [3.8, 4) is 0 Å². The van der Waals surface area contributed by atoms with Crippen LogP contribution in [0.25, 0.3) is 0 Å². The third-order valence-electron chi connectivity index (χ3n) is 2.43. The van der Waals surface area contributed by atoms with Gasteiger partial charge < -0.3 is 15.8 Å². The summed E-state index contributed by atoms with van der Waals surface area (Å²) in [6, 6.07) is 2.75. The van der Waals surface area contributed by atoms with Crippen LogP contribution in [0, 0.1) is 5.82 Å². The first-order valence-corrected chi connectivity index (χ1v) is 6.00. The van der Waals surface area contributed by atoms with Crippen LogP contribution in [-0.2, 0) is 4.74 Å². The summed E-state index contributed by atoms with van der Waals surface area (Å²) in [5.41, 5.74) is 6.73. The largest absolute Gasteiger partial charge is 0.397 e. The van der Waals surface area contributed by atoms with E-state index in [1.165, 1.54) is 12.1 Å². The fraction of sp³-hybridized carbons (Fsp3) is 0.500. The van der Waals surface area contributed by atoms with Gasteiger partial charge in [0.15, 0.2) is 0 Å². The number of ether oxygens (including phenoxy) is 1. The molecular weight excluding hydrogens is 243 g/mol. The number of nitrogens with one attached hydrogen (secondary N) is 1. The lowest BCUT2D eigenvalue weighted by Crippen LogP contribution is -2.05. The highest BCUT2D eigenvalue weighted by atomic mass is 35.5. The van der Waals surface area contributed by atoms with Gasteiger partial charge in [0.2, 0.25) is 0 Å². The molecular formula is C12H18ClFN2O. The minimum Gasteiger partial charge on any atom is -0.397 e. The van der Waals surface area contributed by atoms with E-state index >= 15 is 0 Å². The number of hydrogen-bond acceptors (Lipinski definition) is 3. The molecule has 96 valence electrons. The molecule has 1 aromatic rings. The fourth-order valence-corrected chi connectivity index (χ4v) is 1.65. The van der Waals surface area contributed by atoms with Crippen molar-refractivity contribution in [1.82, 2.24) is 0 Å². The molecule has 0 amide bonds. The standard InChI is InChI=1S/C12H18ClFN2O/c1-17-6-4-2-3-5-16-12-7-9(13)10(14)8-11(12)15/h7-8,16H,2-6,15H2,1H3. The van der Waals surface area contributed by atoms with Gasteiger partial charge in [-0.15, -0.1) is 0 Å². The van der Waals surface area contributed by atoms with Gasteiger partial charge in [-0.1, -0.05) is 11.6 Å². The van der Waals surface area contributed by atoms with Gasteiger partial charge in [-0.25, -0.2) is 4.39 Å². The van der Waals surface area contributed by atoms with Crippen molar-refractivity contribution in [2.45, 2.75) is 19.3 Å². The van der Waals surface area contributed by atoms with Gasteiger partial charge in [0, 0.05) is 26.3 Å². The van der Waals surface area contributed by atoms with Gasteiger partial charge in [-0.2, -0.15) is 0 Å². The number of methoxy groups -OCH3 is 1. The molecule has 5 heteroatoms. The highest BCUT2D eigenvalue weighted by Crippen LogP contribution is 2.26. The van der Waals surface area contributed by atoms with Crippen molar-refractivity contribution in [2.24, 2.45) is 0 Å². The molecule has 0 unspecified atom stereocenters. The molecule has 3 N–H and O–H groups in total. The number of nitrogens with two attached hydrogens (primary N) is 1. The van der Waals surface area contributed by atoms with Crippen LogP contribution in [0.2, 0.25) is 5.02 Å². The van der Waals surface area contributed by atoms with E-state index in [0.29, 0.717) is 11.4 Å². The van der Waals surface area contributed by atoms with Crippen molar-refractivity contribution in [1.29, 1.82) is 0 Å². The third-order valence-corrected chi connectivity index (χ3v) is 2.72. The fourth-order valence-electron chi connectivity index (χ4n) is 1.49. The van der Waals surface area contributed by atoms with Crippen LogP contribution in [0.1, 0.15) is 19.3 Å². The summed E-state index contributed by atoms with van der Waals surface area (Å²) in [4.78, 5) is 0. The number of unbranched alkanes of at least 4 members (excludes halogenated alkanes) is 2. The van der Waals surface area contributed by atoms with E-state index in [1.54, 1.807) is 7.11 Å². The summed E-state index contributed by atoms with van der Waals surface area (Å²) < 4.78 is 18.0. The molecule has 0 aliphatic carbocycles. The molecule has 0 fully saturated rings. The lowest BCUT2D eigenvalue weighted by molar-refractivity contribution is 0.192. The number of anilines is 2. The minimum absolute atomic E-state index is 0.0843. The summed E-state index contributed by atoms with van der Waals surface area (Å²) in [6.07, 6.45) is 3.13. The summed E-state index contributed by atoms with van der Waals surface area (Å²) in [5.74, 6) is -0.491. The molecule has 0 spiro atoms. The number of halogens is 2. The molecule has 0 heterocycles. The van der Waals surface area contributed by atoms with Gasteiger partial charge in [0.1, 0.15) is 5.82 Å². The molecule has 0 aromatic heterocycles. The van der Waals surface area contributed by atoms with E-state index in [-0.39, 0.29) is 5.02 Å². The lowest BCUT2D eigenvalue weighted by Gasteiger charge is -2.10. The summed E-state index contributed by atoms with van der Waals surface area (Å²) in [7, 11) is 1.69. The van der Waals surface area contributed by atoms with Crippen LogP contribution in [0.3, 0.4) is 0 Å². The molecule has 1 rings (SSSR count). The van der Waals surface area contributed by atoms with E-state index in [4.69, 9.17) is 22.1 Å². The Kier molecular flexibility index (Phi) is 6.08. The zero-order valence-corrected chi connectivity index (χ0v) is 10.7. The predicted octanol–water partition coefficient (Wildman–Crippen LogP) is 3.29. The van der Waals surface area contributed by atoms with E-state index in [1.807, 2.05) is 0 Å². The quantitative estimate of drug-likeness (QED) is 0.584.